The topological polar surface area (TPSA) is 78.9 Å². The lowest BCUT2D eigenvalue weighted by molar-refractivity contribution is -0.126. The maximum atomic E-state index is 13.0. The van der Waals surface area contributed by atoms with Crippen molar-refractivity contribution in [1.29, 1.82) is 0 Å². The Morgan fingerprint density at radius 1 is 1.12 bits per heavy atom. The summed E-state index contributed by atoms with van der Waals surface area (Å²) in [7, 11) is 7.36. The number of piperidine rings is 1. The first-order chi connectivity index (χ1) is 15.4. The summed E-state index contributed by atoms with van der Waals surface area (Å²) in [6.07, 6.45) is 2.10. The zero-order chi connectivity index (χ0) is 22.8. The maximum Gasteiger partial charge on any atom is 0.257 e. The molecular weight excluding hydrogens is 406 g/mol. The van der Waals surface area contributed by atoms with Gasteiger partial charge in [-0.15, -0.1) is 0 Å². The van der Waals surface area contributed by atoms with Gasteiger partial charge in [0.2, 0.25) is 5.91 Å². The number of nitrogens with zero attached hydrogens (tertiary/aromatic N) is 5. The Morgan fingerprint density at radius 3 is 2.47 bits per heavy atom. The minimum Gasteiger partial charge on any atom is -0.496 e. The largest absolute Gasteiger partial charge is 0.496 e. The average Bonchev–Trinajstić information content (AvgIpc) is 3.16. The molecular formula is C24H31N5O3. The number of carbonyl (C=O) groups is 2. The summed E-state index contributed by atoms with van der Waals surface area (Å²) < 4.78 is 5.36. The third kappa shape index (κ3) is 4.40. The van der Waals surface area contributed by atoms with E-state index in [0.29, 0.717) is 37.4 Å². The van der Waals surface area contributed by atoms with Crippen LogP contribution in [0.5, 0.6) is 5.75 Å². The van der Waals surface area contributed by atoms with E-state index in [1.165, 1.54) is 0 Å². The van der Waals surface area contributed by atoms with Gasteiger partial charge in [-0.25, -0.2) is 9.97 Å². The Kier molecular flexibility index (Phi) is 6.30. The lowest BCUT2D eigenvalue weighted by atomic mass is 9.94. The summed E-state index contributed by atoms with van der Waals surface area (Å²) in [6.45, 7) is 1.99. The number of likely N-dealkylation sites (N-methyl/N-ethyl adjacent to an activating group) is 1. The normalized spacial score (nSPS) is 19.4. The molecule has 0 aliphatic carbocycles. The van der Waals surface area contributed by atoms with Gasteiger partial charge >= 0.3 is 0 Å². The number of para-hydroxylation sites is 1. The third-order valence-corrected chi connectivity index (χ3v) is 6.45. The van der Waals surface area contributed by atoms with Crippen molar-refractivity contribution in [3.05, 3.63) is 47.4 Å². The number of carbonyl (C=O) groups excluding carboxylic acids is 2. The molecule has 2 aromatic rings. The Hall–Kier alpha value is -3.16. The molecule has 0 N–H and O–H groups in total. The molecule has 4 rings (SSSR count). The zero-order valence-electron chi connectivity index (χ0n) is 19.2. The molecule has 3 heterocycles. The molecule has 2 aliphatic heterocycles. The van der Waals surface area contributed by atoms with Crippen LogP contribution in [-0.4, -0.2) is 79.5 Å². The molecule has 8 nitrogen and oxygen atoms in total. The molecule has 1 atom stereocenters. The molecule has 170 valence electrons. The zero-order valence-corrected chi connectivity index (χ0v) is 19.2. The number of amides is 2. The summed E-state index contributed by atoms with van der Waals surface area (Å²) in [5.74, 6) is 2.71. The first-order valence-corrected chi connectivity index (χ1v) is 11.1. The fourth-order valence-corrected chi connectivity index (χ4v) is 4.49. The first kappa shape index (κ1) is 22.0. The number of likely N-dealkylation sites (tertiary alicyclic amines) is 2. The summed E-state index contributed by atoms with van der Waals surface area (Å²) in [4.78, 5) is 40.4. The van der Waals surface area contributed by atoms with Crippen LogP contribution in [-0.2, 0) is 4.79 Å². The van der Waals surface area contributed by atoms with Crippen LogP contribution in [0.1, 0.15) is 53.0 Å². The number of anilines is 1. The van der Waals surface area contributed by atoms with Crippen molar-refractivity contribution >= 4 is 17.6 Å². The summed E-state index contributed by atoms with van der Waals surface area (Å²) in [5, 5.41) is 0. The van der Waals surface area contributed by atoms with Crippen LogP contribution in [0.15, 0.2) is 30.3 Å². The number of ether oxygens (including phenoxy) is 1. The molecule has 0 bridgehead atoms. The van der Waals surface area contributed by atoms with Gasteiger partial charge < -0.3 is 19.4 Å². The van der Waals surface area contributed by atoms with Crippen LogP contribution < -0.4 is 9.64 Å². The minimum absolute atomic E-state index is 0.00273. The second-order valence-corrected chi connectivity index (χ2v) is 8.85. The maximum absolute atomic E-state index is 13.0. The van der Waals surface area contributed by atoms with Crippen molar-refractivity contribution in [3.63, 3.8) is 0 Å². The van der Waals surface area contributed by atoms with Crippen molar-refractivity contribution in [2.24, 2.45) is 0 Å². The standard InChI is InChI=1S/C24H31N5O3/c1-27(2)21-14-19(17-13-22(30)28(3)15-17)25-23(26-21)16-9-11-29(12-10-16)24(31)18-7-5-6-8-20(18)32-4/h5-8,14,16-17H,9-13,15H2,1-4H3. The molecule has 2 fully saturated rings. The SMILES string of the molecule is COc1ccccc1C(=O)N1CCC(c2nc(C3CC(=O)N(C)C3)cc(N(C)C)n2)CC1. The van der Waals surface area contributed by atoms with E-state index in [-0.39, 0.29) is 23.7 Å². The lowest BCUT2D eigenvalue weighted by Crippen LogP contribution is -2.38. The van der Waals surface area contributed by atoms with Gasteiger partial charge in [0.1, 0.15) is 17.4 Å². The molecule has 8 heteroatoms. The molecule has 0 radical (unpaired) electrons. The summed E-state index contributed by atoms with van der Waals surface area (Å²) >= 11 is 0. The van der Waals surface area contributed by atoms with Crippen molar-refractivity contribution in [1.82, 2.24) is 19.8 Å². The van der Waals surface area contributed by atoms with Gasteiger partial charge in [-0.2, -0.15) is 0 Å². The van der Waals surface area contributed by atoms with Crippen LogP contribution >= 0.6 is 0 Å². The lowest BCUT2D eigenvalue weighted by Gasteiger charge is -2.32. The predicted molar refractivity (Wildman–Crippen MR) is 122 cm³/mol. The van der Waals surface area contributed by atoms with Crippen molar-refractivity contribution < 1.29 is 14.3 Å². The molecule has 2 amide bonds. The first-order valence-electron chi connectivity index (χ1n) is 11.1. The highest BCUT2D eigenvalue weighted by atomic mass is 16.5. The number of benzene rings is 1. The van der Waals surface area contributed by atoms with E-state index >= 15 is 0 Å². The molecule has 32 heavy (non-hydrogen) atoms. The van der Waals surface area contributed by atoms with Gasteiger partial charge in [0.25, 0.3) is 5.91 Å². The predicted octanol–water partition coefficient (Wildman–Crippen LogP) is 2.52. The van der Waals surface area contributed by atoms with Crippen LogP contribution in [0.4, 0.5) is 5.82 Å². The Labute approximate surface area is 189 Å². The van der Waals surface area contributed by atoms with Crippen molar-refractivity contribution in [2.45, 2.75) is 31.1 Å². The highest BCUT2D eigenvalue weighted by Crippen LogP contribution is 2.32. The molecule has 0 spiro atoms. The molecule has 2 aliphatic rings. The van der Waals surface area contributed by atoms with E-state index in [2.05, 4.69) is 0 Å². The van der Waals surface area contributed by atoms with Gasteiger partial charge in [0.05, 0.1) is 18.4 Å². The van der Waals surface area contributed by atoms with Crippen molar-refractivity contribution in [2.75, 3.05) is 52.8 Å². The number of aromatic nitrogens is 2. The van der Waals surface area contributed by atoms with Gasteiger partial charge in [-0.05, 0) is 25.0 Å². The second-order valence-electron chi connectivity index (χ2n) is 8.85. The summed E-state index contributed by atoms with van der Waals surface area (Å²) in [6, 6.07) is 9.34. The van der Waals surface area contributed by atoms with E-state index in [1.807, 2.05) is 61.3 Å². The highest BCUT2D eigenvalue weighted by Gasteiger charge is 2.32. The second kappa shape index (κ2) is 9.14. The van der Waals surface area contributed by atoms with Gasteiger partial charge in [0, 0.05) is 65.1 Å². The number of methoxy groups -OCH3 is 1. The van der Waals surface area contributed by atoms with E-state index in [9.17, 15) is 9.59 Å². The molecule has 0 saturated carbocycles. The Bertz CT molecular complexity index is 1000. The van der Waals surface area contributed by atoms with Gasteiger partial charge in [0.15, 0.2) is 0 Å². The van der Waals surface area contributed by atoms with E-state index in [4.69, 9.17) is 14.7 Å². The fraction of sp³-hybridized carbons (Fsp3) is 0.500. The fourth-order valence-electron chi connectivity index (χ4n) is 4.49. The smallest absolute Gasteiger partial charge is 0.257 e. The Morgan fingerprint density at radius 2 is 1.84 bits per heavy atom. The Balaban J connectivity index is 1.50. The van der Waals surface area contributed by atoms with Gasteiger partial charge in [-0.3, -0.25) is 9.59 Å². The molecule has 2 saturated heterocycles. The van der Waals surface area contributed by atoms with Crippen LogP contribution in [0.25, 0.3) is 0 Å². The van der Waals surface area contributed by atoms with Crippen LogP contribution in [0.3, 0.4) is 0 Å². The highest BCUT2D eigenvalue weighted by molar-refractivity contribution is 5.97. The van der Waals surface area contributed by atoms with Gasteiger partial charge in [-0.1, -0.05) is 12.1 Å². The monoisotopic (exact) mass is 437 g/mol. The number of hydrogen-bond acceptors (Lipinski definition) is 6. The molecule has 1 unspecified atom stereocenters. The van der Waals surface area contributed by atoms with E-state index in [1.54, 1.807) is 12.0 Å². The average molecular weight is 438 g/mol. The molecule has 1 aromatic heterocycles. The van der Waals surface area contributed by atoms with Crippen LogP contribution in [0, 0.1) is 0 Å². The van der Waals surface area contributed by atoms with E-state index < -0.39 is 0 Å². The van der Waals surface area contributed by atoms with E-state index in [0.717, 1.165) is 30.2 Å². The minimum atomic E-state index is -0.00273. The van der Waals surface area contributed by atoms with Crippen LogP contribution in [0.2, 0.25) is 0 Å². The number of rotatable bonds is 5. The molecule has 1 aromatic carbocycles. The van der Waals surface area contributed by atoms with Crippen molar-refractivity contribution in [3.8, 4) is 5.75 Å². The quantitative estimate of drug-likeness (QED) is 0.715. The third-order valence-electron chi connectivity index (χ3n) is 6.45. The number of hydrogen-bond donors (Lipinski definition) is 0. The summed E-state index contributed by atoms with van der Waals surface area (Å²) in [5.41, 5.74) is 1.53.